The quantitative estimate of drug-likeness (QED) is 0.159. The summed E-state index contributed by atoms with van der Waals surface area (Å²) in [6, 6.07) is 24.1. The molecule has 0 unspecified atom stereocenters. The average Bonchev–Trinajstić information content (AvgIpc) is 3.74. The van der Waals surface area contributed by atoms with Crippen molar-refractivity contribution in [3.63, 3.8) is 0 Å². The van der Waals surface area contributed by atoms with Gasteiger partial charge in [-0.1, -0.05) is 37.3 Å². The first kappa shape index (κ1) is 29.6. The Bertz CT molecular complexity index is 1880. The molecule has 2 N–H and O–H groups in total. The van der Waals surface area contributed by atoms with Gasteiger partial charge in [-0.15, -0.1) is 0 Å². The zero-order valence-corrected chi connectivity index (χ0v) is 24.5. The van der Waals surface area contributed by atoms with Gasteiger partial charge in [-0.2, -0.15) is 0 Å². The summed E-state index contributed by atoms with van der Waals surface area (Å²) >= 11 is 0. The largest absolute Gasteiger partial charge is 0.493 e. The number of methoxy groups -OCH3 is 1. The Morgan fingerprint density at radius 3 is 2.20 bits per heavy atom. The number of rotatable bonds is 10. The molecule has 45 heavy (non-hydrogen) atoms. The number of carbonyl (C=O) groups is 2. The van der Waals surface area contributed by atoms with Gasteiger partial charge in [-0.05, 0) is 66.4 Å². The molecule has 2 atom stereocenters. The van der Waals surface area contributed by atoms with E-state index in [0.29, 0.717) is 46.9 Å². The summed E-state index contributed by atoms with van der Waals surface area (Å²) in [7, 11) is 1.53. The molecule has 2 amide bonds. The molecule has 1 saturated carbocycles. The smallest absolute Gasteiger partial charge is 0.240 e. The van der Waals surface area contributed by atoms with Crippen molar-refractivity contribution in [2.45, 2.75) is 20.0 Å². The molecule has 0 radical (unpaired) electrons. The van der Waals surface area contributed by atoms with Crippen molar-refractivity contribution in [1.29, 1.82) is 0 Å². The van der Waals surface area contributed by atoms with Crippen molar-refractivity contribution >= 4 is 34.1 Å². The van der Waals surface area contributed by atoms with E-state index in [2.05, 4.69) is 15.6 Å². The monoisotopic (exact) mass is 609 g/mol. The van der Waals surface area contributed by atoms with E-state index in [1.807, 2.05) is 30.3 Å². The van der Waals surface area contributed by atoms with Crippen LogP contribution in [0.3, 0.4) is 0 Å². The van der Waals surface area contributed by atoms with E-state index < -0.39 is 28.9 Å². The molecule has 6 rings (SSSR count). The summed E-state index contributed by atoms with van der Waals surface area (Å²) in [6.45, 7) is 2.12. The lowest BCUT2D eigenvalue weighted by atomic mass is 10.0. The van der Waals surface area contributed by atoms with Crippen LogP contribution in [0.4, 0.5) is 20.2 Å². The maximum atomic E-state index is 15.3. The minimum absolute atomic E-state index is 0.0765. The van der Waals surface area contributed by atoms with Crippen LogP contribution in [0.2, 0.25) is 0 Å². The lowest BCUT2D eigenvalue weighted by Gasteiger charge is -2.17. The highest BCUT2D eigenvalue weighted by Gasteiger charge is 2.63. The van der Waals surface area contributed by atoms with E-state index in [1.165, 1.54) is 43.5 Å². The molecule has 1 fully saturated rings. The molecule has 0 spiro atoms. The predicted octanol–water partition coefficient (Wildman–Crippen LogP) is 7.50. The number of fused-ring (bicyclic) bond motifs is 1. The Morgan fingerprint density at radius 2 is 1.53 bits per heavy atom. The van der Waals surface area contributed by atoms with Gasteiger partial charge in [-0.3, -0.25) is 14.6 Å². The Kier molecular flexibility index (Phi) is 8.04. The number of nitrogens with one attached hydrogen (secondary N) is 2. The van der Waals surface area contributed by atoms with Crippen LogP contribution >= 0.6 is 0 Å². The number of hydrogen-bond donors (Lipinski definition) is 2. The molecular weight excluding hydrogens is 580 g/mol. The van der Waals surface area contributed by atoms with Crippen molar-refractivity contribution < 1.29 is 32.6 Å². The molecular formula is C35H29F2N3O5. The molecule has 4 aromatic carbocycles. The first-order valence-electron chi connectivity index (χ1n) is 14.3. The number of ether oxygens (including phenoxy) is 3. The third kappa shape index (κ3) is 6.12. The molecule has 8 nitrogen and oxygen atoms in total. The molecule has 1 aliphatic rings. The average molecular weight is 610 g/mol. The number of halogens is 2. The topological polar surface area (TPSA) is 98.8 Å². The molecule has 1 aromatic heterocycles. The summed E-state index contributed by atoms with van der Waals surface area (Å²) < 4.78 is 46.0. The number of aromatic nitrogens is 1. The van der Waals surface area contributed by atoms with Gasteiger partial charge in [-0.25, -0.2) is 8.78 Å². The van der Waals surface area contributed by atoms with Crippen LogP contribution in [-0.2, 0) is 16.2 Å². The molecule has 1 aliphatic carbocycles. The zero-order valence-electron chi connectivity index (χ0n) is 24.5. The van der Waals surface area contributed by atoms with Crippen molar-refractivity contribution in [3.05, 3.63) is 114 Å². The van der Waals surface area contributed by atoms with Crippen LogP contribution < -0.4 is 24.8 Å². The lowest BCUT2D eigenvalue weighted by Crippen LogP contribution is -2.37. The number of pyridine rings is 1. The van der Waals surface area contributed by atoms with E-state index in [4.69, 9.17) is 14.2 Å². The predicted molar refractivity (Wildman–Crippen MR) is 165 cm³/mol. The first-order valence-corrected chi connectivity index (χ1v) is 14.3. The summed E-state index contributed by atoms with van der Waals surface area (Å²) in [5.74, 6) is -1.23. The number of hydrogen-bond acceptors (Lipinski definition) is 6. The highest BCUT2D eigenvalue weighted by molar-refractivity contribution is 6.17. The Labute approximate surface area is 258 Å². The van der Waals surface area contributed by atoms with E-state index >= 15 is 4.39 Å². The fraction of sp³-hybridized carbons (Fsp3) is 0.171. The van der Waals surface area contributed by atoms with Gasteiger partial charge in [0.25, 0.3) is 0 Å². The number of nitrogens with zero attached hydrogens (tertiary/aromatic N) is 1. The van der Waals surface area contributed by atoms with Crippen LogP contribution in [-0.4, -0.2) is 23.9 Å². The van der Waals surface area contributed by atoms with E-state index in [9.17, 15) is 14.0 Å². The van der Waals surface area contributed by atoms with E-state index in [-0.39, 0.29) is 17.4 Å². The fourth-order valence-corrected chi connectivity index (χ4v) is 5.18. The maximum Gasteiger partial charge on any atom is 0.240 e. The van der Waals surface area contributed by atoms with Gasteiger partial charge in [0.1, 0.15) is 23.6 Å². The van der Waals surface area contributed by atoms with Gasteiger partial charge in [0.2, 0.25) is 11.8 Å². The standard InChI is InChI=1S/C35H29F2N3O5/c1-21-19-35(21,33(41)39-24-10-8-23(36)9-11-24)34(42)40-25-12-13-30(27(37)16-25)45-29-14-15-38-28-18-32(31(43-2)17-26(28)29)44-20-22-6-4-3-5-7-22/h3-18,21H,19-20H2,1-2H3,(H,39,41)(H,40,42)/t21-,35-/m1/s1. The van der Waals surface area contributed by atoms with Crippen LogP contribution in [0.15, 0.2) is 97.2 Å². The van der Waals surface area contributed by atoms with Crippen LogP contribution in [0, 0.1) is 23.0 Å². The second-order valence-electron chi connectivity index (χ2n) is 10.8. The molecule has 228 valence electrons. The SMILES string of the molecule is COc1cc2c(Oc3ccc(NC(=O)[C@]4(C(=O)Nc5ccc(F)cc5)C[C@H]4C)cc3F)ccnc2cc1OCc1ccccc1. The van der Waals surface area contributed by atoms with Gasteiger partial charge >= 0.3 is 0 Å². The third-order valence-corrected chi connectivity index (χ3v) is 7.86. The second-order valence-corrected chi connectivity index (χ2v) is 10.8. The molecule has 10 heteroatoms. The number of anilines is 2. The molecule has 0 saturated heterocycles. The maximum absolute atomic E-state index is 15.3. The van der Waals surface area contributed by atoms with Crippen LogP contribution in [0.1, 0.15) is 18.9 Å². The van der Waals surface area contributed by atoms with Gasteiger partial charge in [0, 0.05) is 35.1 Å². The van der Waals surface area contributed by atoms with Crippen molar-refractivity contribution in [2.75, 3.05) is 17.7 Å². The Hall–Kier alpha value is -5.51. The molecule has 0 aliphatic heterocycles. The Balaban J connectivity index is 1.17. The highest BCUT2D eigenvalue weighted by atomic mass is 19.1. The Morgan fingerprint density at radius 1 is 0.844 bits per heavy atom. The molecule has 5 aromatic rings. The number of amides is 2. The molecule has 0 bridgehead atoms. The summed E-state index contributed by atoms with van der Waals surface area (Å²) in [4.78, 5) is 30.7. The van der Waals surface area contributed by atoms with Crippen LogP contribution in [0.25, 0.3) is 10.9 Å². The van der Waals surface area contributed by atoms with Crippen molar-refractivity contribution in [2.24, 2.45) is 11.3 Å². The third-order valence-electron chi connectivity index (χ3n) is 7.86. The number of carbonyl (C=O) groups excluding carboxylic acids is 2. The summed E-state index contributed by atoms with van der Waals surface area (Å²) in [6.07, 6.45) is 1.87. The minimum atomic E-state index is -1.32. The van der Waals surface area contributed by atoms with Gasteiger partial charge in [0.15, 0.2) is 23.1 Å². The summed E-state index contributed by atoms with van der Waals surface area (Å²) in [5.41, 5.74) is 0.772. The van der Waals surface area contributed by atoms with Gasteiger partial charge < -0.3 is 24.8 Å². The van der Waals surface area contributed by atoms with Gasteiger partial charge in [0.05, 0.1) is 12.6 Å². The normalized spacial score (nSPS) is 16.9. The van der Waals surface area contributed by atoms with Crippen molar-refractivity contribution in [3.8, 4) is 23.0 Å². The fourth-order valence-electron chi connectivity index (χ4n) is 5.18. The number of benzene rings is 4. The van der Waals surface area contributed by atoms with Crippen LogP contribution in [0.5, 0.6) is 23.0 Å². The summed E-state index contributed by atoms with van der Waals surface area (Å²) in [5, 5.41) is 5.92. The van der Waals surface area contributed by atoms with E-state index in [0.717, 1.165) is 11.6 Å². The zero-order chi connectivity index (χ0) is 31.6. The molecule has 1 heterocycles. The van der Waals surface area contributed by atoms with Crippen molar-refractivity contribution in [1.82, 2.24) is 4.98 Å². The lowest BCUT2D eigenvalue weighted by molar-refractivity contribution is -0.131. The highest BCUT2D eigenvalue weighted by Crippen LogP contribution is 2.53. The second kappa shape index (κ2) is 12.2. The minimum Gasteiger partial charge on any atom is -0.493 e. The first-order chi connectivity index (χ1) is 21.8. The van der Waals surface area contributed by atoms with E-state index in [1.54, 1.807) is 31.3 Å².